The average Bonchev–Trinajstić information content (AvgIpc) is 2.16. The minimum atomic E-state index is -0.270. The molecule has 1 atom stereocenters. The molecule has 0 spiro atoms. The maximum absolute atomic E-state index is 12.2. The molecular weight excluding hydrogens is 198 g/mol. The van der Waals surface area contributed by atoms with Crippen LogP contribution < -0.4 is 0 Å². The van der Waals surface area contributed by atoms with Gasteiger partial charge < -0.3 is 4.90 Å². The van der Waals surface area contributed by atoms with E-state index in [1.54, 1.807) is 0 Å². The normalized spacial score (nSPS) is 20.4. The summed E-state index contributed by atoms with van der Waals surface area (Å²) in [5, 5.41) is 0. The number of rotatable bonds is 1. The number of amides is 1. The van der Waals surface area contributed by atoms with Crippen LogP contribution in [-0.4, -0.2) is 17.4 Å². The molecule has 0 aromatic heterocycles. The van der Waals surface area contributed by atoms with Gasteiger partial charge >= 0.3 is 0 Å². The third kappa shape index (κ3) is 1.97. The van der Waals surface area contributed by atoms with Gasteiger partial charge in [-0.25, -0.2) is 0 Å². The lowest BCUT2D eigenvalue weighted by molar-refractivity contribution is -0.147. The van der Waals surface area contributed by atoms with Gasteiger partial charge in [0.1, 0.15) is 0 Å². The van der Waals surface area contributed by atoms with E-state index in [1.165, 1.54) is 5.56 Å². The quantitative estimate of drug-likeness (QED) is 0.708. The van der Waals surface area contributed by atoms with Crippen LogP contribution >= 0.6 is 0 Å². The van der Waals surface area contributed by atoms with E-state index in [0.717, 1.165) is 13.0 Å². The first kappa shape index (κ1) is 11.2. The molecule has 1 aromatic carbocycles. The van der Waals surface area contributed by atoms with Gasteiger partial charge in [-0.15, -0.1) is 0 Å². The summed E-state index contributed by atoms with van der Waals surface area (Å²) in [6.07, 6.45) is 1.09. The highest BCUT2D eigenvalue weighted by molar-refractivity contribution is 5.82. The smallest absolute Gasteiger partial charge is 0.228 e. The number of benzene rings is 1. The van der Waals surface area contributed by atoms with Crippen molar-refractivity contribution < 1.29 is 4.79 Å². The molecule has 0 bridgehead atoms. The van der Waals surface area contributed by atoms with E-state index in [2.05, 4.69) is 12.1 Å². The molecule has 1 amide bonds. The van der Waals surface area contributed by atoms with Gasteiger partial charge in [0, 0.05) is 12.0 Å². The largest absolute Gasteiger partial charge is 0.335 e. The third-order valence-electron chi connectivity index (χ3n) is 3.11. The van der Waals surface area contributed by atoms with Crippen LogP contribution in [0.3, 0.4) is 0 Å². The number of likely N-dealkylation sites (tertiary alicyclic amines) is 1. The van der Waals surface area contributed by atoms with Gasteiger partial charge in [0.15, 0.2) is 0 Å². The molecular formula is C14H19NO. The van der Waals surface area contributed by atoms with Crippen LogP contribution in [-0.2, 0) is 4.79 Å². The van der Waals surface area contributed by atoms with Crippen LogP contribution in [0.25, 0.3) is 0 Å². The molecule has 2 nitrogen and oxygen atoms in total. The minimum Gasteiger partial charge on any atom is -0.335 e. The number of hydrogen-bond acceptors (Lipinski definition) is 1. The first-order chi connectivity index (χ1) is 7.50. The second-order valence-corrected chi connectivity index (χ2v) is 5.46. The lowest BCUT2D eigenvalue weighted by Crippen LogP contribution is -2.49. The molecule has 0 unspecified atom stereocenters. The lowest BCUT2D eigenvalue weighted by atomic mass is 9.88. The van der Waals surface area contributed by atoms with Crippen molar-refractivity contribution in [3.05, 3.63) is 35.9 Å². The van der Waals surface area contributed by atoms with Gasteiger partial charge in [0.25, 0.3) is 0 Å². The molecule has 0 N–H and O–H groups in total. The second kappa shape index (κ2) is 3.93. The van der Waals surface area contributed by atoms with Crippen molar-refractivity contribution in [2.45, 2.75) is 33.2 Å². The van der Waals surface area contributed by atoms with Crippen molar-refractivity contribution in [2.24, 2.45) is 5.41 Å². The van der Waals surface area contributed by atoms with E-state index >= 15 is 0 Å². The van der Waals surface area contributed by atoms with E-state index < -0.39 is 0 Å². The highest BCUT2D eigenvalue weighted by atomic mass is 16.2. The molecule has 1 saturated heterocycles. The summed E-state index contributed by atoms with van der Waals surface area (Å²) >= 11 is 0. The number of carbonyl (C=O) groups excluding carboxylic acids is 1. The molecule has 0 radical (unpaired) electrons. The average molecular weight is 217 g/mol. The summed E-state index contributed by atoms with van der Waals surface area (Å²) in [5.74, 6) is 0.257. The lowest BCUT2D eigenvalue weighted by Gasteiger charge is -2.44. The maximum atomic E-state index is 12.2. The number of hydrogen-bond donors (Lipinski definition) is 0. The van der Waals surface area contributed by atoms with E-state index in [9.17, 15) is 4.79 Å². The maximum Gasteiger partial charge on any atom is 0.228 e. The highest BCUT2D eigenvalue weighted by Gasteiger charge is 2.38. The van der Waals surface area contributed by atoms with Crippen LogP contribution in [0.4, 0.5) is 0 Å². The molecule has 2 rings (SSSR count). The van der Waals surface area contributed by atoms with Crippen molar-refractivity contribution >= 4 is 5.91 Å². The van der Waals surface area contributed by atoms with E-state index in [4.69, 9.17) is 0 Å². The summed E-state index contributed by atoms with van der Waals surface area (Å²) in [5.41, 5.74) is 0.985. The third-order valence-corrected chi connectivity index (χ3v) is 3.11. The van der Waals surface area contributed by atoms with Crippen molar-refractivity contribution in [2.75, 3.05) is 6.54 Å². The van der Waals surface area contributed by atoms with Gasteiger partial charge in [-0.05, 0) is 12.0 Å². The van der Waals surface area contributed by atoms with E-state index in [0.29, 0.717) is 6.04 Å². The zero-order valence-corrected chi connectivity index (χ0v) is 10.2. The predicted molar refractivity (Wildman–Crippen MR) is 65.0 cm³/mol. The Labute approximate surface area is 97.3 Å². The van der Waals surface area contributed by atoms with Gasteiger partial charge in [-0.1, -0.05) is 51.1 Å². The summed E-state index contributed by atoms with van der Waals surface area (Å²) in [6, 6.07) is 10.6. The molecule has 86 valence electrons. The number of carbonyl (C=O) groups is 1. The fourth-order valence-corrected chi connectivity index (χ4v) is 2.08. The Morgan fingerprint density at radius 3 is 2.31 bits per heavy atom. The Morgan fingerprint density at radius 2 is 1.88 bits per heavy atom. The fraction of sp³-hybridized carbons (Fsp3) is 0.500. The van der Waals surface area contributed by atoms with Crippen molar-refractivity contribution in [1.29, 1.82) is 0 Å². The highest BCUT2D eigenvalue weighted by Crippen LogP contribution is 2.36. The van der Waals surface area contributed by atoms with Crippen LogP contribution in [0.1, 0.15) is 38.8 Å². The summed E-state index contributed by atoms with van der Waals surface area (Å²) in [4.78, 5) is 14.2. The molecule has 1 fully saturated rings. The monoisotopic (exact) mass is 217 g/mol. The predicted octanol–water partition coefficient (Wildman–Crippen LogP) is 3.01. The van der Waals surface area contributed by atoms with Gasteiger partial charge in [-0.2, -0.15) is 0 Å². The van der Waals surface area contributed by atoms with Crippen molar-refractivity contribution in [1.82, 2.24) is 4.90 Å². The Morgan fingerprint density at radius 1 is 1.25 bits per heavy atom. The van der Waals surface area contributed by atoms with Gasteiger partial charge in [0.05, 0.1) is 6.04 Å². The first-order valence-corrected chi connectivity index (χ1v) is 5.86. The van der Waals surface area contributed by atoms with Gasteiger partial charge in [-0.3, -0.25) is 4.79 Å². The van der Waals surface area contributed by atoms with Gasteiger partial charge in [0.2, 0.25) is 5.91 Å². The zero-order valence-electron chi connectivity index (χ0n) is 10.2. The molecule has 0 saturated carbocycles. The van der Waals surface area contributed by atoms with Crippen LogP contribution in [0, 0.1) is 5.41 Å². The summed E-state index contributed by atoms with van der Waals surface area (Å²) in [7, 11) is 0. The topological polar surface area (TPSA) is 20.3 Å². The van der Waals surface area contributed by atoms with E-state index in [1.807, 2.05) is 43.9 Å². The van der Waals surface area contributed by atoms with Crippen LogP contribution in [0.2, 0.25) is 0 Å². The van der Waals surface area contributed by atoms with Crippen molar-refractivity contribution in [3.63, 3.8) is 0 Å². The Kier molecular flexibility index (Phi) is 2.75. The van der Waals surface area contributed by atoms with Crippen LogP contribution in [0.5, 0.6) is 0 Å². The Balaban J connectivity index is 2.13. The Hall–Kier alpha value is -1.31. The fourth-order valence-electron chi connectivity index (χ4n) is 2.08. The molecule has 1 aliphatic heterocycles. The van der Waals surface area contributed by atoms with E-state index in [-0.39, 0.29) is 11.3 Å². The molecule has 2 heteroatoms. The molecule has 1 aromatic rings. The standard InChI is InChI=1S/C14H19NO/c1-14(2,3)13(16)15-10-9-12(15)11-7-5-4-6-8-11/h4-8,12H,9-10H2,1-3H3/t12-/m0/s1. The molecule has 1 aliphatic rings. The SMILES string of the molecule is CC(C)(C)C(=O)N1CC[C@H]1c1ccccc1. The summed E-state index contributed by atoms with van der Waals surface area (Å²) < 4.78 is 0. The molecule has 0 aliphatic carbocycles. The van der Waals surface area contributed by atoms with Crippen molar-refractivity contribution in [3.8, 4) is 0 Å². The summed E-state index contributed by atoms with van der Waals surface area (Å²) in [6.45, 7) is 6.84. The zero-order chi connectivity index (χ0) is 11.8. The molecule has 16 heavy (non-hydrogen) atoms. The second-order valence-electron chi connectivity index (χ2n) is 5.46. The molecule has 1 heterocycles. The minimum absolute atomic E-state index is 0.257. The Bertz CT molecular complexity index is 377. The van der Waals surface area contributed by atoms with Crippen LogP contribution in [0.15, 0.2) is 30.3 Å². The first-order valence-electron chi connectivity index (χ1n) is 5.86. The number of nitrogens with zero attached hydrogens (tertiary/aromatic N) is 1.